The zero-order valence-corrected chi connectivity index (χ0v) is 16.8. The molecule has 2 aliphatic heterocycles. The van der Waals surface area contributed by atoms with Gasteiger partial charge in [0.05, 0.1) is 12.5 Å². The average molecular weight is 378 g/mol. The summed E-state index contributed by atoms with van der Waals surface area (Å²) in [5, 5.41) is 23.3. The Morgan fingerprint density at radius 3 is 2.71 bits per heavy atom. The van der Waals surface area contributed by atoms with Crippen molar-refractivity contribution in [1.82, 2.24) is 0 Å². The summed E-state index contributed by atoms with van der Waals surface area (Å²) in [4.78, 5) is 9.69. The Bertz CT molecular complexity index is 1100. The molecule has 0 saturated carbocycles. The van der Waals surface area contributed by atoms with Gasteiger partial charge in [-0.2, -0.15) is 0 Å². The van der Waals surface area contributed by atoms with Crippen molar-refractivity contribution < 1.29 is 14.9 Å². The molecule has 2 N–H and O–H groups in total. The maximum absolute atomic E-state index is 10.7. The fraction of sp³-hybridized carbons (Fsp3) is 0.391. The summed E-state index contributed by atoms with van der Waals surface area (Å²) in [5.74, 6) is 1.37. The molecule has 4 rings (SSSR count). The summed E-state index contributed by atoms with van der Waals surface area (Å²) in [7, 11) is 1.66. The van der Waals surface area contributed by atoms with Crippen molar-refractivity contribution in [1.29, 1.82) is 0 Å². The third kappa shape index (κ3) is 2.95. The summed E-state index contributed by atoms with van der Waals surface area (Å²) >= 11 is 0. The van der Waals surface area contributed by atoms with Crippen LogP contribution in [0, 0.1) is 6.92 Å². The predicted molar refractivity (Wildman–Crippen MR) is 110 cm³/mol. The number of phenols is 2. The van der Waals surface area contributed by atoms with Gasteiger partial charge in [-0.25, -0.2) is 0 Å². The van der Waals surface area contributed by atoms with E-state index in [1.54, 1.807) is 13.2 Å². The molecule has 1 atom stereocenters. The highest BCUT2D eigenvalue weighted by Crippen LogP contribution is 2.38. The zero-order valence-electron chi connectivity index (χ0n) is 16.8. The highest BCUT2D eigenvalue weighted by atomic mass is 16.5. The summed E-state index contributed by atoms with van der Waals surface area (Å²) in [6.07, 6.45) is 1.37. The van der Waals surface area contributed by atoms with Gasteiger partial charge < -0.3 is 14.9 Å². The quantitative estimate of drug-likeness (QED) is 0.804. The molecule has 0 spiro atoms. The van der Waals surface area contributed by atoms with Crippen LogP contribution in [0.2, 0.25) is 0 Å². The Morgan fingerprint density at radius 2 is 2.00 bits per heavy atom. The first-order valence-electron chi connectivity index (χ1n) is 9.73. The third-order valence-electron chi connectivity index (χ3n) is 5.71. The van der Waals surface area contributed by atoms with Crippen molar-refractivity contribution in [3.05, 3.63) is 51.5 Å². The number of phenolic OH excluding ortho intramolecular Hbond substituents is 2. The molecule has 0 bridgehead atoms. The molecular weight excluding hydrogens is 352 g/mol. The maximum atomic E-state index is 10.7. The summed E-state index contributed by atoms with van der Waals surface area (Å²) < 4.78 is 5.34. The first kappa shape index (κ1) is 18.5. The highest BCUT2D eigenvalue weighted by Gasteiger charge is 2.30. The second-order valence-electron chi connectivity index (χ2n) is 7.85. The van der Waals surface area contributed by atoms with Crippen LogP contribution in [0.25, 0.3) is 5.57 Å². The SMILES string of the molecule is COc1ccc2c(c1)=NC1C(Cc3c(O)c(C)cc(O)c3C(C)C)=NCCC=21. The van der Waals surface area contributed by atoms with E-state index in [0.29, 0.717) is 12.0 Å². The zero-order chi connectivity index (χ0) is 20.0. The molecule has 0 aromatic heterocycles. The van der Waals surface area contributed by atoms with Gasteiger partial charge in [-0.05, 0) is 48.6 Å². The molecule has 5 nitrogen and oxygen atoms in total. The van der Waals surface area contributed by atoms with Crippen LogP contribution in [0.5, 0.6) is 17.2 Å². The number of hydrogen-bond acceptors (Lipinski definition) is 5. The van der Waals surface area contributed by atoms with Gasteiger partial charge in [-0.1, -0.05) is 13.8 Å². The molecule has 2 aliphatic rings. The minimum absolute atomic E-state index is 0.0936. The average Bonchev–Trinajstić information content (AvgIpc) is 3.04. The van der Waals surface area contributed by atoms with E-state index in [9.17, 15) is 10.2 Å². The van der Waals surface area contributed by atoms with Crippen molar-refractivity contribution in [2.75, 3.05) is 13.7 Å². The normalized spacial score (nSPS) is 17.8. The van der Waals surface area contributed by atoms with Gasteiger partial charge >= 0.3 is 0 Å². The number of fused-ring (bicyclic) bond motifs is 2. The number of rotatable bonds is 4. The van der Waals surface area contributed by atoms with Crippen molar-refractivity contribution >= 4 is 11.3 Å². The lowest BCUT2D eigenvalue weighted by molar-refractivity contribution is 0.414. The van der Waals surface area contributed by atoms with Crippen LogP contribution in [0.4, 0.5) is 0 Å². The minimum atomic E-state index is -0.0991. The first-order chi connectivity index (χ1) is 13.4. The van der Waals surface area contributed by atoms with Gasteiger partial charge in [0.15, 0.2) is 0 Å². The molecule has 0 fully saturated rings. The van der Waals surface area contributed by atoms with E-state index in [0.717, 1.165) is 40.9 Å². The lowest BCUT2D eigenvalue weighted by Crippen LogP contribution is -2.28. The lowest BCUT2D eigenvalue weighted by atomic mass is 9.86. The van der Waals surface area contributed by atoms with Crippen LogP contribution in [-0.4, -0.2) is 35.6 Å². The van der Waals surface area contributed by atoms with E-state index in [4.69, 9.17) is 14.7 Å². The van der Waals surface area contributed by atoms with Crippen molar-refractivity contribution in [3.63, 3.8) is 0 Å². The van der Waals surface area contributed by atoms with Gasteiger partial charge in [0, 0.05) is 41.1 Å². The number of nitrogens with zero attached hydrogens (tertiary/aromatic N) is 2. The van der Waals surface area contributed by atoms with Crippen molar-refractivity contribution in [2.24, 2.45) is 9.98 Å². The van der Waals surface area contributed by atoms with Gasteiger partial charge in [0.2, 0.25) is 0 Å². The van der Waals surface area contributed by atoms with Crippen LogP contribution < -0.4 is 15.3 Å². The molecule has 1 unspecified atom stereocenters. The van der Waals surface area contributed by atoms with Gasteiger partial charge in [-0.3, -0.25) is 9.98 Å². The Kier molecular flexibility index (Phi) is 4.61. The van der Waals surface area contributed by atoms with E-state index >= 15 is 0 Å². The summed E-state index contributed by atoms with van der Waals surface area (Å²) in [6.45, 7) is 6.58. The van der Waals surface area contributed by atoms with Gasteiger partial charge in [0.1, 0.15) is 23.3 Å². The Balaban J connectivity index is 1.79. The molecular formula is C23H26N2O3. The molecule has 146 valence electrons. The molecule has 28 heavy (non-hydrogen) atoms. The van der Waals surface area contributed by atoms with Gasteiger partial charge in [0.25, 0.3) is 0 Å². The molecule has 2 aromatic rings. The number of aryl methyl sites for hydroxylation is 1. The second kappa shape index (κ2) is 6.97. The number of methoxy groups -OCH3 is 1. The largest absolute Gasteiger partial charge is 0.508 e. The number of aliphatic imine (C=N–C) groups is 1. The summed E-state index contributed by atoms with van der Waals surface area (Å²) in [5.41, 5.74) is 4.45. The van der Waals surface area contributed by atoms with E-state index in [1.165, 1.54) is 10.8 Å². The standard InChI is InChI=1S/C23H26N2O3/c1-12(2)21-17(23(27)13(3)9-20(21)26)11-19-22-16(7-8-24-19)15-6-5-14(28-4)10-18(15)25-22/h5-6,9-10,12,22,26-27H,7-8,11H2,1-4H3. The Morgan fingerprint density at radius 1 is 1.21 bits per heavy atom. The van der Waals surface area contributed by atoms with Crippen LogP contribution in [-0.2, 0) is 6.42 Å². The fourth-order valence-electron chi connectivity index (χ4n) is 4.36. The van der Waals surface area contributed by atoms with E-state index < -0.39 is 0 Å². The van der Waals surface area contributed by atoms with E-state index in [1.807, 2.05) is 32.9 Å². The van der Waals surface area contributed by atoms with Crippen LogP contribution in [0.15, 0.2) is 34.3 Å². The predicted octanol–water partition coefficient (Wildman–Crippen LogP) is 2.78. The van der Waals surface area contributed by atoms with Crippen molar-refractivity contribution in [2.45, 2.75) is 45.6 Å². The molecule has 5 heteroatoms. The molecule has 0 aliphatic carbocycles. The maximum Gasteiger partial charge on any atom is 0.122 e. The molecule has 0 radical (unpaired) electrons. The number of ether oxygens (including phenoxy) is 1. The Labute approximate surface area is 164 Å². The molecule has 0 saturated heterocycles. The monoisotopic (exact) mass is 378 g/mol. The third-order valence-corrected chi connectivity index (χ3v) is 5.71. The van der Waals surface area contributed by atoms with Crippen LogP contribution >= 0.6 is 0 Å². The highest BCUT2D eigenvalue weighted by molar-refractivity contribution is 6.01. The number of aromatic hydroxyl groups is 2. The Hall–Kier alpha value is -2.82. The first-order valence-corrected chi connectivity index (χ1v) is 9.73. The molecule has 0 amide bonds. The van der Waals surface area contributed by atoms with E-state index in [-0.39, 0.29) is 23.5 Å². The minimum Gasteiger partial charge on any atom is -0.508 e. The molecule has 2 heterocycles. The fourth-order valence-corrected chi connectivity index (χ4v) is 4.36. The van der Waals surface area contributed by atoms with Crippen LogP contribution in [0.3, 0.4) is 0 Å². The lowest BCUT2D eigenvalue weighted by Gasteiger charge is -2.24. The van der Waals surface area contributed by atoms with Crippen molar-refractivity contribution in [3.8, 4) is 17.2 Å². The number of benzene rings is 2. The van der Waals surface area contributed by atoms with Crippen LogP contribution in [0.1, 0.15) is 42.9 Å². The topological polar surface area (TPSA) is 74.4 Å². The summed E-state index contributed by atoms with van der Waals surface area (Å²) in [6, 6.07) is 7.55. The molecule has 2 aromatic carbocycles. The number of hydrogen-bond donors (Lipinski definition) is 2. The second-order valence-corrected chi connectivity index (χ2v) is 7.85. The van der Waals surface area contributed by atoms with Gasteiger partial charge in [-0.15, -0.1) is 0 Å². The smallest absolute Gasteiger partial charge is 0.122 e. The van der Waals surface area contributed by atoms with E-state index in [2.05, 4.69) is 6.07 Å².